The van der Waals surface area contributed by atoms with Crippen LogP contribution in [0.3, 0.4) is 0 Å². The van der Waals surface area contributed by atoms with Gasteiger partial charge in [-0.15, -0.1) is 0 Å². The van der Waals surface area contributed by atoms with E-state index in [1.807, 2.05) is 0 Å². The zero-order valence-electron chi connectivity index (χ0n) is 14.9. The Bertz CT molecular complexity index is 900. The van der Waals surface area contributed by atoms with Gasteiger partial charge in [0.25, 0.3) is 0 Å². The highest BCUT2D eigenvalue weighted by Gasteiger charge is 2.35. The molecule has 0 aromatic heterocycles. The van der Waals surface area contributed by atoms with Crippen LogP contribution in [0, 0.1) is 0 Å². The van der Waals surface area contributed by atoms with Crippen molar-refractivity contribution in [2.24, 2.45) is 0 Å². The minimum absolute atomic E-state index is 0.0287. The van der Waals surface area contributed by atoms with Gasteiger partial charge in [-0.2, -0.15) is 0 Å². The molecule has 0 bridgehead atoms. The van der Waals surface area contributed by atoms with E-state index in [2.05, 4.69) is 15.4 Å². The number of amides is 1. The van der Waals surface area contributed by atoms with Crippen LogP contribution in [0.4, 0.5) is 5.69 Å². The number of aliphatic hydroxyl groups excluding tert-OH is 1. The van der Waals surface area contributed by atoms with Crippen LogP contribution in [-0.2, 0) is 24.7 Å². The maximum atomic E-state index is 12.5. The SMILES string of the molecule is COc1ccc(NC(C)=O)cc1S(=O)(=O)NCCN[C@H]1CS(=O)(=O)C[C@H]1O. The monoisotopic (exact) mass is 421 g/mol. The molecule has 0 aliphatic carbocycles. The molecule has 1 heterocycles. The van der Waals surface area contributed by atoms with Gasteiger partial charge in [0, 0.05) is 31.7 Å². The van der Waals surface area contributed by atoms with Crippen molar-refractivity contribution >= 4 is 31.5 Å². The molecule has 12 heteroatoms. The average molecular weight is 421 g/mol. The number of aliphatic hydroxyl groups is 1. The third kappa shape index (κ3) is 5.87. The number of rotatable bonds is 8. The minimum atomic E-state index is -3.94. The summed E-state index contributed by atoms with van der Waals surface area (Å²) in [6.45, 7) is 1.41. The topological polar surface area (TPSA) is 151 Å². The highest BCUT2D eigenvalue weighted by Crippen LogP contribution is 2.27. The Morgan fingerprint density at radius 3 is 2.56 bits per heavy atom. The smallest absolute Gasteiger partial charge is 0.244 e. The molecular formula is C15H23N3O7S2. The summed E-state index contributed by atoms with van der Waals surface area (Å²) in [5.74, 6) is -0.718. The molecular weight excluding hydrogens is 398 g/mol. The summed E-state index contributed by atoms with van der Waals surface area (Å²) >= 11 is 0. The van der Waals surface area contributed by atoms with Gasteiger partial charge in [-0.05, 0) is 18.2 Å². The van der Waals surface area contributed by atoms with Crippen LogP contribution in [0.25, 0.3) is 0 Å². The van der Waals surface area contributed by atoms with Gasteiger partial charge in [0.05, 0.1) is 24.7 Å². The van der Waals surface area contributed by atoms with E-state index in [9.17, 15) is 26.7 Å². The number of hydrogen-bond acceptors (Lipinski definition) is 8. The zero-order valence-corrected chi connectivity index (χ0v) is 16.6. The number of benzene rings is 1. The fourth-order valence-electron chi connectivity index (χ4n) is 2.71. The first-order valence-corrected chi connectivity index (χ1v) is 11.4. The van der Waals surface area contributed by atoms with Crippen molar-refractivity contribution in [1.29, 1.82) is 0 Å². The van der Waals surface area contributed by atoms with Crippen molar-refractivity contribution in [1.82, 2.24) is 10.0 Å². The Labute approximate surface area is 158 Å². The maximum Gasteiger partial charge on any atom is 0.244 e. The normalized spacial score (nSPS) is 21.7. The van der Waals surface area contributed by atoms with Crippen LogP contribution in [0.15, 0.2) is 23.1 Å². The number of ether oxygens (including phenoxy) is 1. The average Bonchev–Trinajstić information content (AvgIpc) is 2.83. The van der Waals surface area contributed by atoms with Gasteiger partial charge in [0.1, 0.15) is 10.6 Å². The third-order valence-electron chi connectivity index (χ3n) is 3.92. The van der Waals surface area contributed by atoms with Crippen molar-refractivity contribution in [2.45, 2.75) is 24.0 Å². The van der Waals surface area contributed by atoms with Crippen molar-refractivity contribution in [3.05, 3.63) is 18.2 Å². The van der Waals surface area contributed by atoms with Crippen molar-refractivity contribution in [2.75, 3.05) is 37.0 Å². The summed E-state index contributed by atoms with van der Waals surface area (Å²) in [4.78, 5) is 11.0. The molecule has 1 fully saturated rings. The summed E-state index contributed by atoms with van der Waals surface area (Å²) in [5, 5.41) is 15.0. The molecule has 0 unspecified atom stereocenters. The molecule has 27 heavy (non-hydrogen) atoms. The second kappa shape index (κ2) is 8.52. The standard InChI is InChI=1S/C15H23N3O7S2/c1-10(19)18-11-3-4-14(25-2)15(7-11)27(23,24)17-6-5-16-12-8-26(21,22)9-13(12)20/h3-4,7,12-13,16-17,20H,5-6,8-9H2,1-2H3,(H,18,19)/t12-,13+/m0/s1. The van der Waals surface area contributed by atoms with E-state index in [-0.39, 0.29) is 41.1 Å². The lowest BCUT2D eigenvalue weighted by Crippen LogP contribution is -2.42. The molecule has 1 amide bonds. The van der Waals surface area contributed by atoms with Crippen LogP contribution in [-0.4, -0.2) is 71.7 Å². The number of methoxy groups -OCH3 is 1. The third-order valence-corrected chi connectivity index (χ3v) is 7.12. The predicted octanol–water partition coefficient (Wildman–Crippen LogP) is -1.32. The molecule has 1 aliphatic heterocycles. The molecule has 1 aromatic carbocycles. The van der Waals surface area contributed by atoms with E-state index in [0.717, 1.165) is 0 Å². The molecule has 10 nitrogen and oxygen atoms in total. The van der Waals surface area contributed by atoms with E-state index < -0.39 is 32.0 Å². The van der Waals surface area contributed by atoms with Crippen LogP contribution in [0.2, 0.25) is 0 Å². The van der Waals surface area contributed by atoms with Crippen molar-refractivity contribution in [3.63, 3.8) is 0 Å². The molecule has 0 radical (unpaired) electrons. The molecule has 0 saturated carbocycles. The Hall–Kier alpha value is -1.73. The lowest BCUT2D eigenvalue weighted by molar-refractivity contribution is -0.114. The van der Waals surface area contributed by atoms with Crippen LogP contribution < -0.4 is 20.1 Å². The number of nitrogens with one attached hydrogen (secondary N) is 3. The van der Waals surface area contributed by atoms with E-state index in [1.165, 1.54) is 32.2 Å². The van der Waals surface area contributed by atoms with Gasteiger partial charge in [-0.25, -0.2) is 21.6 Å². The Morgan fingerprint density at radius 2 is 2.00 bits per heavy atom. The number of carbonyl (C=O) groups excluding carboxylic acids is 1. The molecule has 2 rings (SSSR count). The van der Waals surface area contributed by atoms with Gasteiger partial charge in [-0.3, -0.25) is 4.79 Å². The van der Waals surface area contributed by atoms with Crippen molar-refractivity contribution < 1.29 is 31.5 Å². The predicted molar refractivity (Wildman–Crippen MR) is 98.9 cm³/mol. The summed E-state index contributed by atoms with van der Waals surface area (Å²) in [7, 11) is -5.89. The summed E-state index contributed by atoms with van der Waals surface area (Å²) in [5.41, 5.74) is 0.307. The van der Waals surface area contributed by atoms with Gasteiger partial charge in [0.15, 0.2) is 9.84 Å². The lowest BCUT2D eigenvalue weighted by Gasteiger charge is -2.16. The van der Waals surface area contributed by atoms with Crippen LogP contribution in [0.1, 0.15) is 6.92 Å². The summed E-state index contributed by atoms with van der Waals surface area (Å²) in [6, 6.07) is 3.60. The van der Waals surface area contributed by atoms with Gasteiger partial charge < -0.3 is 20.5 Å². The largest absolute Gasteiger partial charge is 0.495 e. The summed E-state index contributed by atoms with van der Waals surface area (Å²) in [6.07, 6.45) is -1.01. The molecule has 0 spiro atoms. The van der Waals surface area contributed by atoms with E-state index in [4.69, 9.17) is 4.74 Å². The maximum absolute atomic E-state index is 12.5. The zero-order chi connectivity index (χ0) is 20.2. The second-order valence-corrected chi connectivity index (χ2v) is 10.0. The van der Waals surface area contributed by atoms with Crippen LogP contribution in [0.5, 0.6) is 5.75 Å². The molecule has 1 saturated heterocycles. The molecule has 4 N–H and O–H groups in total. The first-order chi connectivity index (χ1) is 12.5. The fourth-order valence-corrected chi connectivity index (χ4v) is 5.71. The van der Waals surface area contributed by atoms with E-state index in [1.54, 1.807) is 0 Å². The van der Waals surface area contributed by atoms with E-state index >= 15 is 0 Å². The highest BCUT2D eigenvalue weighted by atomic mass is 32.2. The number of sulfone groups is 1. The first kappa shape index (κ1) is 21.6. The lowest BCUT2D eigenvalue weighted by atomic mass is 10.2. The highest BCUT2D eigenvalue weighted by molar-refractivity contribution is 7.91. The summed E-state index contributed by atoms with van der Waals surface area (Å²) < 4.78 is 55.4. The molecule has 2 atom stereocenters. The van der Waals surface area contributed by atoms with Crippen molar-refractivity contribution in [3.8, 4) is 5.75 Å². The number of sulfonamides is 1. The number of hydrogen-bond donors (Lipinski definition) is 4. The first-order valence-electron chi connectivity index (χ1n) is 8.11. The van der Waals surface area contributed by atoms with Gasteiger partial charge in [0.2, 0.25) is 15.9 Å². The van der Waals surface area contributed by atoms with Gasteiger partial charge >= 0.3 is 0 Å². The Balaban J connectivity index is 2.00. The number of anilines is 1. The molecule has 1 aromatic rings. The fraction of sp³-hybridized carbons (Fsp3) is 0.533. The van der Waals surface area contributed by atoms with E-state index in [0.29, 0.717) is 5.69 Å². The Morgan fingerprint density at radius 1 is 1.30 bits per heavy atom. The van der Waals surface area contributed by atoms with Crippen LogP contribution >= 0.6 is 0 Å². The second-order valence-electron chi connectivity index (χ2n) is 6.15. The molecule has 152 valence electrons. The number of carbonyl (C=O) groups is 1. The Kier molecular flexibility index (Phi) is 6.81. The minimum Gasteiger partial charge on any atom is -0.495 e. The quantitative estimate of drug-likeness (QED) is 0.377. The molecule has 1 aliphatic rings. The van der Waals surface area contributed by atoms with Gasteiger partial charge in [-0.1, -0.05) is 0 Å².